The molecule has 0 aromatic rings. The topological polar surface area (TPSA) is 68.3 Å². The van der Waals surface area contributed by atoms with E-state index in [1.54, 1.807) is 4.90 Å². The number of hydrogen-bond donors (Lipinski definition) is 0. The molecular formula is C19H39N2O5P. The van der Waals surface area contributed by atoms with E-state index in [9.17, 15) is 9.36 Å². The Hall–Kier alpha value is -0.620. The van der Waals surface area contributed by atoms with Crippen LogP contribution in [-0.4, -0.2) is 60.8 Å². The monoisotopic (exact) mass is 406 g/mol. The largest absolute Gasteiger partial charge is 0.444 e. The molecule has 1 fully saturated rings. The Kier molecular flexibility index (Phi) is 7.60. The van der Waals surface area contributed by atoms with Gasteiger partial charge in [-0.1, -0.05) is 40.5 Å². The van der Waals surface area contributed by atoms with Crippen LogP contribution in [0.25, 0.3) is 0 Å². The highest BCUT2D eigenvalue weighted by Crippen LogP contribution is 2.65. The molecule has 1 rings (SSSR count). The molecule has 0 aromatic heterocycles. The molecule has 0 aromatic carbocycles. The molecule has 1 saturated heterocycles. The molecule has 1 aliphatic rings. The summed E-state index contributed by atoms with van der Waals surface area (Å²) >= 11 is 0. The first-order valence-corrected chi connectivity index (χ1v) is 11.2. The average Bonchev–Trinajstić information content (AvgIpc) is 2.85. The number of rotatable bonds is 6. The van der Waals surface area contributed by atoms with E-state index in [0.29, 0.717) is 6.42 Å². The molecule has 0 spiro atoms. The SMILES string of the molecule is CCCC[C@]1(P(=O)(OC)OC)CN(C(=O)OC(C)(C)C)[C@@H](C(C)(C)C)N1C. The lowest BCUT2D eigenvalue weighted by Gasteiger charge is -2.43. The maximum absolute atomic E-state index is 13.7. The van der Waals surface area contributed by atoms with Gasteiger partial charge in [-0.3, -0.25) is 14.4 Å². The van der Waals surface area contributed by atoms with Gasteiger partial charge in [0.25, 0.3) is 0 Å². The van der Waals surface area contributed by atoms with Gasteiger partial charge in [-0.15, -0.1) is 0 Å². The molecule has 1 heterocycles. The lowest BCUT2D eigenvalue weighted by Crippen LogP contribution is -2.52. The predicted octanol–water partition coefficient (Wildman–Crippen LogP) is 4.91. The van der Waals surface area contributed by atoms with E-state index in [0.717, 1.165) is 12.8 Å². The molecule has 2 atom stereocenters. The van der Waals surface area contributed by atoms with Crippen LogP contribution in [0.2, 0.25) is 0 Å². The van der Waals surface area contributed by atoms with E-state index < -0.39 is 24.6 Å². The zero-order valence-corrected chi connectivity index (χ0v) is 19.7. The Labute approximate surface area is 165 Å². The van der Waals surface area contributed by atoms with E-state index in [2.05, 4.69) is 27.7 Å². The molecule has 160 valence electrons. The first-order valence-electron chi connectivity index (χ1n) is 9.63. The van der Waals surface area contributed by atoms with Gasteiger partial charge in [-0.05, 0) is 39.7 Å². The van der Waals surface area contributed by atoms with Crippen molar-refractivity contribution < 1.29 is 23.1 Å². The van der Waals surface area contributed by atoms with Crippen molar-refractivity contribution >= 4 is 13.7 Å². The van der Waals surface area contributed by atoms with Gasteiger partial charge in [0.05, 0.1) is 12.7 Å². The summed E-state index contributed by atoms with van der Waals surface area (Å²) in [5, 5.41) is -0.915. The molecule has 8 heteroatoms. The molecule has 7 nitrogen and oxygen atoms in total. The van der Waals surface area contributed by atoms with Gasteiger partial charge in [0.15, 0.2) is 0 Å². The number of carbonyl (C=O) groups excluding carboxylic acids is 1. The van der Waals surface area contributed by atoms with Gasteiger partial charge in [0.1, 0.15) is 10.9 Å². The van der Waals surface area contributed by atoms with Crippen molar-refractivity contribution in [3.8, 4) is 0 Å². The fourth-order valence-electron chi connectivity index (χ4n) is 3.99. The number of hydrogen-bond acceptors (Lipinski definition) is 6. The third kappa shape index (κ3) is 4.87. The van der Waals surface area contributed by atoms with E-state index in [1.165, 1.54) is 14.2 Å². The molecule has 0 bridgehead atoms. The number of unbranched alkanes of at least 4 members (excludes halogenated alkanes) is 1. The predicted molar refractivity (Wildman–Crippen MR) is 108 cm³/mol. The van der Waals surface area contributed by atoms with Crippen LogP contribution in [0.4, 0.5) is 4.79 Å². The highest BCUT2D eigenvalue weighted by atomic mass is 31.2. The average molecular weight is 407 g/mol. The van der Waals surface area contributed by atoms with Crippen molar-refractivity contribution in [2.75, 3.05) is 27.8 Å². The van der Waals surface area contributed by atoms with Crippen molar-refractivity contribution in [2.45, 2.75) is 84.8 Å². The van der Waals surface area contributed by atoms with Crippen LogP contribution >= 0.6 is 7.60 Å². The number of amides is 1. The Bertz CT molecular complexity index is 561. The molecule has 0 N–H and O–H groups in total. The summed E-state index contributed by atoms with van der Waals surface area (Å²) in [5.74, 6) is 0. The summed E-state index contributed by atoms with van der Waals surface area (Å²) < 4.78 is 30.2. The second-order valence-corrected chi connectivity index (χ2v) is 12.0. The van der Waals surface area contributed by atoms with Crippen molar-refractivity contribution in [3.05, 3.63) is 0 Å². The third-order valence-corrected chi connectivity index (χ3v) is 7.73. The van der Waals surface area contributed by atoms with Crippen LogP contribution in [0.5, 0.6) is 0 Å². The lowest BCUT2D eigenvalue weighted by atomic mass is 9.91. The molecular weight excluding hydrogens is 367 g/mol. The summed E-state index contributed by atoms with van der Waals surface area (Å²) in [7, 11) is 1.22. The molecule has 1 amide bonds. The molecule has 27 heavy (non-hydrogen) atoms. The van der Waals surface area contributed by atoms with E-state index in [-0.39, 0.29) is 18.1 Å². The molecule has 1 aliphatic heterocycles. The summed E-state index contributed by atoms with van der Waals surface area (Å²) in [6.07, 6.45) is 1.68. The van der Waals surface area contributed by atoms with Gasteiger partial charge in [-0.25, -0.2) is 4.79 Å². The van der Waals surface area contributed by atoms with Crippen molar-refractivity contribution in [3.63, 3.8) is 0 Å². The van der Waals surface area contributed by atoms with E-state index >= 15 is 0 Å². The Morgan fingerprint density at radius 3 is 2.04 bits per heavy atom. The number of carbonyl (C=O) groups is 1. The summed E-state index contributed by atoms with van der Waals surface area (Å²) in [6.45, 7) is 14.0. The Morgan fingerprint density at radius 1 is 1.15 bits per heavy atom. The summed E-state index contributed by atoms with van der Waals surface area (Å²) in [4.78, 5) is 16.7. The summed E-state index contributed by atoms with van der Waals surface area (Å²) in [6, 6.07) is 0. The first kappa shape index (κ1) is 24.4. The standard InChI is InChI=1S/C19H39N2O5P/c1-11-12-13-19(27(23,24-9)25-10)14-21(16(22)26-18(5,6)7)15(20(19)8)17(2,3)4/h15H,11-14H2,1-10H3/t15-,19-/m0/s1. The van der Waals surface area contributed by atoms with E-state index in [4.69, 9.17) is 13.8 Å². The van der Waals surface area contributed by atoms with Crippen LogP contribution in [-0.2, 0) is 18.3 Å². The number of likely N-dealkylation sites (N-methyl/N-ethyl adjacent to an activating group) is 1. The van der Waals surface area contributed by atoms with Crippen LogP contribution in [0.1, 0.15) is 67.7 Å². The fraction of sp³-hybridized carbons (Fsp3) is 0.947. The normalized spacial score (nSPS) is 25.1. The van der Waals surface area contributed by atoms with Crippen LogP contribution in [0, 0.1) is 5.41 Å². The highest BCUT2D eigenvalue weighted by Gasteiger charge is 2.63. The fourth-order valence-corrected chi connectivity index (χ4v) is 6.07. The van der Waals surface area contributed by atoms with Crippen LogP contribution in [0.15, 0.2) is 0 Å². The second kappa shape index (κ2) is 8.40. The van der Waals surface area contributed by atoms with Gasteiger partial charge in [0, 0.05) is 14.2 Å². The van der Waals surface area contributed by atoms with Crippen molar-refractivity contribution in [2.24, 2.45) is 5.41 Å². The zero-order valence-electron chi connectivity index (χ0n) is 18.8. The maximum Gasteiger partial charge on any atom is 0.411 e. The zero-order chi connectivity index (χ0) is 21.3. The van der Waals surface area contributed by atoms with Gasteiger partial charge < -0.3 is 13.8 Å². The maximum atomic E-state index is 13.7. The smallest absolute Gasteiger partial charge is 0.411 e. The highest BCUT2D eigenvalue weighted by molar-refractivity contribution is 7.55. The lowest BCUT2D eigenvalue weighted by molar-refractivity contribution is -0.00894. The minimum absolute atomic E-state index is 0.235. The first-order chi connectivity index (χ1) is 12.2. The van der Waals surface area contributed by atoms with Gasteiger partial charge >= 0.3 is 13.7 Å². The number of nitrogens with zero attached hydrogens (tertiary/aromatic N) is 2. The van der Waals surface area contributed by atoms with E-state index in [1.807, 2.05) is 32.7 Å². The molecule has 0 radical (unpaired) electrons. The molecule has 0 unspecified atom stereocenters. The quantitative estimate of drug-likeness (QED) is 0.584. The Morgan fingerprint density at radius 2 is 1.67 bits per heavy atom. The minimum atomic E-state index is -3.50. The molecule has 0 saturated carbocycles. The summed E-state index contributed by atoms with van der Waals surface area (Å²) in [5.41, 5.74) is -0.898. The van der Waals surface area contributed by atoms with Crippen molar-refractivity contribution in [1.82, 2.24) is 9.80 Å². The van der Waals surface area contributed by atoms with Gasteiger partial charge in [0.2, 0.25) is 0 Å². The van der Waals surface area contributed by atoms with Crippen LogP contribution in [0.3, 0.4) is 0 Å². The molecule has 0 aliphatic carbocycles. The van der Waals surface area contributed by atoms with Gasteiger partial charge in [-0.2, -0.15) is 0 Å². The van der Waals surface area contributed by atoms with Crippen molar-refractivity contribution in [1.29, 1.82) is 0 Å². The Balaban J connectivity index is 3.50. The third-order valence-electron chi connectivity index (χ3n) is 5.07. The number of ether oxygens (including phenoxy) is 1. The second-order valence-electron chi connectivity index (χ2n) is 9.41. The minimum Gasteiger partial charge on any atom is -0.444 e. The van der Waals surface area contributed by atoms with Crippen LogP contribution < -0.4 is 0 Å².